The van der Waals surface area contributed by atoms with E-state index < -0.39 is 18.7 Å². The smallest absolute Gasteiger partial charge is 0.422 e. The molecule has 1 heterocycles. The van der Waals surface area contributed by atoms with E-state index in [0.717, 1.165) is 5.56 Å². The summed E-state index contributed by atoms with van der Waals surface area (Å²) in [5, 5.41) is 11.9. The molecule has 1 atom stereocenters. The molecule has 0 aromatic heterocycles. The van der Waals surface area contributed by atoms with Gasteiger partial charge in [-0.3, -0.25) is 9.59 Å². The third kappa shape index (κ3) is 6.00. The molecular formula is C23H22F3N3O3. The van der Waals surface area contributed by atoms with Crippen molar-refractivity contribution in [2.24, 2.45) is 5.92 Å². The van der Waals surface area contributed by atoms with Crippen LogP contribution in [0, 0.1) is 24.2 Å². The molecule has 0 saturated carbocycles. The number of ether oxygens (including phenoxy) is 1. The van der Waals surface area contributed by atoms with Crippen molar-refractivity contribution in [1.29, 1.82) is 5.26 Å². The number of likely N-dealkylation sites (tertiary alicyclic amines) is 1. The summed E-state index contributed by atoms with van der Waals surface area (Å²) in [6.45, 7) is 1.24. The van der Waals surface area contributed by atoms with Gasteiger partial charge in [0.2, 0.25) is 5.91 Å². The van der Waals surface area contributed by atoms with E-state index in [0.29, 0.717) is 24.9 Å². The van der Waals surface area contributed by atoms with Gasteiger partial charge < -0.3 is 15.0 Å². The Balaban J connectivity index is 1.64. The van der Waals surface area contributed by atoms with Crippen molar-refractivity contribution in [3.05, 3.63) is 59.2 Å². The van der Waals surface area contributed by atoms with Crippen molar-refractivity contribution in [2.45, 2.75) is 25.9 Å². The van der Waals surface area contributed by atoms with E-state index in [1.807, 2.05) is 19.1 Å². The number of alkyl halides is 3. The standard InChI is InChI=1S/C23H22F3N3O3/c1-15-4-6-16(7-5-15)22(31)29-10-2-3-17(13-29)21(30)28-19-8-9-20(18(11-19)12-27)32-14-23(24,25)26/h4-9,11,17H,2-3,10,13-14H2,1H3,(H,28,30). The minimum atomic E-state index is -4.53. The Hall–Kier alpha value is -3.54. The topological polar surface area (TPSA) is 82.4 Å². The molecule has 2 aromatic rings. The van der Waals surface area contributed by atoms with E-state index in [-0.39, 0.29) is 35.4 Å². The second kappa shape index (κ2) is 9.73. The maximum Gasteiger partial charge on any atom is 0.422 e. The Morgan fingerprint density at radius 2 is 1.94 bits per heavy atom. The van der Waals surface area contributed by atoms with Crippen LogP contribution in [0.25, 0.3) is 0 Å². The number of nitriles is 1. The summed E-state index contributed by atoms with van der Waals surface area (Å²) < 4.78 is 41.7. The van der Waals surface area contributed by atoms with Crippen LogP contribution < -0.4 is 10.1 Å². The molecule has 9 heteroatoms. The Morgan fingerprint density at radius 3 is 2.59 bits per heavy atom. The second-order valence-corrected chi connectivity index (χ2v) is 7.67. The number of carbonyl (C=O) groups excluding carboxylic acids is 2. The van der Waals surface area contributed by atoms with Crippen molar-refractivity contribution in [3.8, 4) is 11.8 Å². The number of nitrogens with zero attached hydrogens (tertiary/aromatic N) is 2. The van der Waals surface area contributed by atoms with E-state index in [2.05, 4.69) is 10.1 Å². The van der Waals surface area contributed by atoms with Gasteiger partial charge in [0.1, 0.15) is 11.8 Å². The molecule has 0 radical (unpaired) electrons. The Morgan fingerprint density at radius 1 is 1.22 bits per heavy atom. The molecule has 32 heavy (non-hydrogen) atoms. The summed E-state index contributed by atoms with van der Waals surface area (Å²) >= 11 is 0. The summed E-state index contributed by atoms with van der Waals surface area (Å²) in [6, 6.07) is 12.9. The first-order valence-corrected chi connectivity index (χ1v) is 10.1. The summed E-state index contributed by atoms with van der Waals surface area (Å²) in [5.74, 6) is -1.11. The highest BCUT2D eigenvalue weighted by molar-refractivity contribution is 5.96. The van der Waals surface area contributed by atoms with Crippen LogP contribution in [-0.4, -0.2) is 42.6 Å². The second-order valence-electron chi connectivity index (χ2n) is 7.67. The first-order chi connectivity index (χ1) is 15.2. The number of anilines is 1. The zero-order chi connectivity index (χ0) is 23.3. The maximum absolute atomic E-state index is 12.8. The fourth-order valence-corrected chi connectivity index (χ4v) is 3.48. The van der Waals surface area contributed by atoms with E-state index >= 15 is 0 Å². The molecule has 1 saturated heterocycles. The average Bonchev–Trinajstić information content (AvgIpc) is 2.77. The summed E-state index contributed by atoms with van der Waals surface area (Å²) in [7, 11) is 0. The lowest BCUT2D eigenvalue weighted by molar-refractivity contribution is -0.153. The summed E-state index contributed by atoms with van der Waals surface area (Å²) in [5.41, 5.74) is 1.76. The largest absolute Gasteiger partial charge is 0.483 e. The van der Waals surface area contributed by atoms with Crippen LogP contribution in [0.3, 0.4) is 0 Å². The molecule has 1 unspecified atom stereocenters. The molecule has 3 rings (SSSR count). The quantitative estimate of drug-likeness (QED) is 0.744. The molecule has 1 aliphatic heterocycles. The summed E-state index contributed by atoms with van der Waals surface area (Å²) in [6.07, 6.45) is -3.26. The van der Waals surface area contributed by atoms with Crippen LogP contribution in [0.5, 0.6) is 5.75 Å². The molecule has 1 aliphatic rings. The van der Waals surface area contributed by atoms with Crippen LogP contribution in [0.15, 0.2) is 42.5 Å². The fourth-order valence-electron chi connectivity index (χ4n) is 3.48. The predicted octanol–water partition coefficient (Wildman–Crippen LogP) is 4.30. The van der Waals surface area contributed by atoms with Gasteiger partial charge in [0.25, 0.3) is 5.91 Å². The number of rotatable bonds is 5. The lowest BCUT2D eigenvalue weighted by Crippen LogP contribution is -2.43. The van der Waals surface area contributed by atoms with E-state index in [1.54, 1.807) is 23.1 Å². The first kappa shape index (κ1) is 23.1. The molecule has 6 nitrogen and oxygen atoms in total. The number of benzene rings is 2. The molecule has 0 bridgehead atoms. The van der Waals surface area contributed by atoms with Gasteiger partial charge in [0.15, 0.2) is 6.61 Å². The predicted molar refractivity (Wildman–Crippen MR) is 111 cm³/mol. The Bertz CT molecular complexity index is 1030. The van der Waals surface area contributed by atoms with Gasteiger partial charge >= 0.3 is 6.18 Å². The SMILES string of the molecule is Cc1ccc(C(=O)N2CCCC(C(=O)Nc3ccc(OCC(F)(F)F)c(C#N)c3)C2)cc1. The molecule has 2 aromatic carbocycles. The van der Waals surface area contributed by atoms with Gasteiger partial charge in [-0.1, -0.05) is 17.7 Å². The molecular weight excluding hydrogens is 423 g/mol. The van der Waals surface area contributed by atoms with E-state index in [4.69, 9.17) is 0 Å². The molecule has 0 spiro atoms. The highest BCUT2D eigenvalue weighted by atomic mass is 19.4. The minimum absolute atomic E-state index is 0.119. The minimum Gasteiger partial charge on any atom is -0.483 e. The number of piperidine rings is 1. The van der Waals surface area contributed by atoms with Gasteiger partial charge in [-0.2, -0.15) is 18.4 Å². The molecule has 1 N–H and O–H groups in total. The van der Waals surface area contributed by atoms with Crippen LogP contribution in [-0.2, 0) is 4.79 Å². The highest BCUT2D eigenvalue weighted by Gasteiger charge is 2.30. The third-order valence-corrected chi connectivity index (χ3v) is 5.14. The lowest BCUT2D eigenvalue weighted by Gasteiger charge is -2.32. The molecule has 168 valence electrons. The zero-order valence-corrected chi connectivity index (χ0v) is 17.4. The van der Waals surface area contributed by atoms with Gasteiger partial charge in [-0.25, -0.2) is 0 Å². The van der Waals surface area contributed by atoms with Crippen molar-refractivity contribution in [1.82, 2.24) is 4.90 Å². The molecule has 1 fully saturated rings. The van der Waals surface area contributed by atoms with E-state index in [1.165, 1.54) is 18.2 Å². The first-order valence-electron chi connectivity index (χ1n) is 10.1. The van der Waals surface area contributed by atoms with Crippen LogP contribution >= 0.6 is 0 Å². The number of hydrogen-bond donors (Lipinski definition) is 1. The maximum atomic E-state index is 12.8. The summed E-state index contributed by atoms with van der Waals surface area (Å²) in [4.78, 5) is 27.1. The van der Waals surface area contributed by atoms with Gasteiger partial charge in [-0.05, 0) is 50.1 Å². The molecule has 0 aliphatic carbocycles. The number of nitrogens with one attached hydrogen (secondary N) is 1. The number of amides is 2. The van der Waals surface area contributed by atoms with E-state index in [9.17, 15) is 28.0 Å². The van der Waals surface area contributed by atoms with Crippen molar-refractivity contribution >= 4 is 17.5 Å². The lowest BCUT2D eigenvalue weighted by atomic mass is 9.96. The Labute approximate surface area is 183 Å². The van der Waals surface area contributed by atoms with Gasteiger partial charge in [0, 0.05) is 24.3 Å². The zero-order valence-electron chi connectivity index (χ0n) is 17.4. The molecule has 2 amide bonds. The third-order valence-electron chi connectivity index (χ3n) is 5.14. The van der Waals surface area contributed by atoms with Gasteiger partial charge in [0.05, 0.1) is 11.5 Å². The van der Waals surface area contributed by atoms with Crippen LogP contribution in [0.1, 0.15) is 34.3 Å². The number of aryl methyl sites for hydroxylation is 1. The Kier molecular flexibility index (Phi) is 7.03. The van der Waals surface area contributed by atoms with Crippen LogP contribution in [0.2, 0.25) is 0 Å². The fraction of sp³-hybridized carbons (Fsp3) is 0.348. The monoisotopic (exact) mass is 445 g/mol. The normalized spacial score (nSPS) is 16.2. The van der Waals surface area contributed by atoms with Crippen molar-refractivity contribution in [3.63, 3.8) is 0 Å². The average molecular weight is 445 g/mol. The van der Waals surface area contributed by atoms with Crippen molar-refractivity contribution in [2.75, 3.05) is 25.0 Å². The van der Waals surface area contributed by atoms with Gasteiger partial charge in [-0.15, -0.1) is 0 Å². The number of hydrogen-bond acceptors (Lipinski definition) is 4. The van der Waals surface area contributed by atoms with Crippen LogP contribution in [0.4, 0.5) is 18.9 Å². The number of halogens is 3. The van der Waals surface area contributed by atoms with Crippen molar-refractivity contribution < 1.29 is 27.5 Å². The number of carbonyl (C=O) groups is 2. The highest BCUT2D eigenvalue weighted by Crippen LogP contribution is 2.26.